The molecule has 13 N–H and O–H groups in total. The first-order chi connectivity index (χ1) is 7.15. The summed E-state index contributed by atoms with van der Waals surface area (Å²) in [5.41, 5.74) is 0. The van der Waals surface area contributed by atoms with Crippen molar-refractivity contribution in [3.05, 3.63) is 0 Å². The van der Waals surface area contributed by atoms with E-state index in [0.717, 1.165) is 0 Å². The van der Waals surface area contributed by atoms with E-state index in [1.54, 1.807) is 0 Å². The highest BCUT2D eigenvalue weighted by atomic mass is 31.2. The fraction of sp³-hybridized carbons (Fsp3) is 1.00. The lowest BCUT2D eigenvalue weighted by Crippen LogP contribution is -2.64. The average Bonchev–Trinajstić information content (AvgIpc) is 2.17. The summed E-state index contributed by atoms with van der Waals surface area (Å²) < 4.78 is 14.5. The first-order valence-electron chi connectivity index (χ1n) is 4.29. The summed E-state index contributed by atoms with van der Waals surface area (Å²) in [4.78, 5) is 17.0. The van der Waals surface area contributed by atoms with Gasteiger partial charge in [0.25, 0.3) is 0 Å². The molecule has 0 heterocycles. The molecule has 0 aromatic carbocycles. The second-order valence-corrected chi connectivity index (χ2v) is 4.71. The number of hydrogen-bond donors (Lipinski definition) is 9. The molecule has 12 heteroatoms. The molecule has 112 valence electrons. The van der Waals surface area contributed by atoms with Crippen LogP contribution >= 0.6 is 7.82 Å². The van der Waals surface area contributed by atoms with Crippen LogP contribution in [0.1, 0.15) is 0 Å². The molecule has 0 aliphatic heterocycles. The maximum absolute atomic E-state index is 10.5. The second-order valence-electron chi connectivity index (χ2n) is 3.51. The van der Waals surface area contributed by atoms with Crippen LogP contribution in [0.25, 0.3) is 0 Å². The lowest BCUT2D eigenvalue weighted by Gasteiger charge is -2.41. The van der Waals surface area contributed by atoms with E-state index < -0.39 is 44.4 Å². The van der Waals surface area contributed by atoms with Gasteiger partial charge in [-0.25, -0.2) is 4.57 Å². The molecular formula is C6H19N2O9P. The van der Waals surface area contributed by atoms with Crippen LogP contribution in [0, 0.1) is 0 Å². The van der Waals surface area contributed by atoms with Crippen molar-refractivity contribution < 1.29 is 44.4 Å². The number of phosphoric acid groups is 1. The Morgan fingerprint density at radius 2 is 1.00 bits per heavy atom. The molecule has 0 aromatic heterocycles. The molecule has 2 unspecified atom stereocenters. The Hall–Kier alpha value is -0.170. The van der Waals surface area contributed by atoms with E-state index in [4.69, 9.17) is 14.9 Å². The molecule has 0 amide bonds. The van der Waals surface area contributed by atoms with Gasteiger partial charge in [-0.3, -0.25) is 4.52 Å². The molecular weight excluding hydrogens is 275 g/mol. The van der Waals surface area contributed by atoms with Crippen LogP contribution in [0.2, 0.25) is 0 Å². The maximum atomic E-state index is 10.5. The number of rotatable bonds is 2. The minimum absolute atomic E-state index is 0. The van der Waals surface area contributed by atoms with E-state index in [0.29, 0.717) is 0 Å². The van der Waals surface area contributed by atoms with Crippen LogP contribution in [0.3, 0.4) is 0 Å². The zero-order chi connectivity index (χ0) is 12.7. The van der Waals surface area contributed by atoms with Gasteiger partial charge in [-0.15, -0.1) is 0 Å². The molecule has 18 heavy (non-hydrogen) atoms. The van der Waals surface area contributed by atoms with Crippen molar-refractivity contribution in [3.8, 4) is 0 Å². The van der Waals surface area contributed by atoms with Crippen molar-refractivity contribution in [2.75, 3.05) is 0 Å². The Morgan fingerprint density at radius 1 is 0.722 bits per heavy atom. The van der Waals surface area contributed by atoms with Gasteiger partial charge < -0.3 is 47.6 Å². The summed E-state index contributed by atoms with van der Waals surface area (Å²) in [7, 11) is -5.01. The lowest BCUT2D eigenvalue weighted by molar-refractivity contribution is -0.219. The summed E-state index contributed by atoms with van der Waals surface area (Å²) in [5, 5.41) is 46.1. The van der Waals surface area contributed by atoms with Crippen LogP contribution in [0.15, 0.2) is 0 Å². The molecule has 1 aliphatic carbocycles. The van der Waals surface area contributed by atoms with E-state index in [9.17, 15) is 25.0 Å². The first-order valence-corrected chi connectivity index (χ1v) is 5.82. The second kappa shape index (κ2) is 6.84. The normalized spacial score (nSPS) is 40.6. The van der Waals surface area contributed by atoms with Gasteiger partial charge in [-0.05, 0) is 0 Å². The van der Waals surface area contributed by atoms with Crippen molar-refractivity contribution in [3.63, 3.8) is 0 Å². The fourth-order valence-electron chi connectivity index (χ4n) is 1.48. The highest BCUT2D eigenvalue weighted by Crippen LogP contribution is 2.41. The third-order valence-electron chi connectivity index (χ3n) is 2.33. The van der Waals surface area contributed by atoms with E-state index in [1.165, 1.54) is 0 Å². The predicted octanol–water partition coefficient (Wildman–Crippen LogP) is -3.39. The Morgan fingerprint density at radius 3 is 1.28 bits per heavy atom. The summed E-state index contributed by atoms with van der Waals surface area (Å²) >= 11 is 0. The molecule has 11 nitrogen and oxygen atoms in total. The third kappa shape index (κ3) is 4.19. The topological polar surface area (TPSA) is 238 Å². The monoisotopic (exact) mass is 294 g/mol. The van der Waals surface area contributed by atoms with Crippen LogP contribution in [0.5, 0.6) is 0 Å². The number of phosphoric ester groups is 1. The minimum Gasteiger partial charge on any atom is -0.387 e. The van der Waals surface area contributed by atoms with E-state index in [2.05, 4.69) is 4.52 Å². The molecule has 0 spiro atoms. The van der Waals surface area contributed by atoms with Gasteiger partial charge in [-0.1, -0.05) is 0 Å². The highest BCUT2D eigenvalue weighted by Gasteiger charge is 2.50. The Bertz CT molecular complexity index is 283. The first kappa shape index (κ1) is 20.2. The van der Waals surface area contributed by atoms with Crippen LogP contribution < -0.4 is 12.3 Å². The standard InChI is InChI=1S/C6H13O9P.2H3N/c7-1-2(8)4(10)6(5(11)3(1)9)15-16(12,13)14;;/h1-11H,(H2,12,13,14);2*1H3/t1?,2-,3+,4-,5-,6?;;/m0../s1. The van der Waals surface area contributed by atoms with E-state index in [-0.39, 0.29) is 12.3 Å². The minimum atomic E-state index is -5.01. The van der Waals surface area contributed by atoms with E-state index in [1.807, 2.05) is 0 Å². The Kier molecular flexibility index (Phi) is 7.66. The SMILES string of the molecule is N.N.O=P(O)(O)OC1[C@@H](O)[C@H](O)C(O)[C@H](O)[C@@H]1O. The summed E-state index contributed by atoms with van der Waals surface area (Å²) in [6.45, 7) is 0. The summed E-state index contributed by atoms with van der Waals surface area (Å²) in [5.74, 6) is 0. The van der Waals surface area contributed by atoms with Crippen molar-refractivity contribution in [1.82, 2.24) is 12.3 Å². The molecule has 0 bridgehead atoms. The van der Waals surface area contributed by atoms with Crippen molar-refractivity contribution >= 4 is 7.82 Å². The molecule has 6 atom stereocenters. The highest BCUT2D eigenvalue weighted by molar-refractivity contribution is 7.46. The Labute approximate surface area is 102 Å². The number of hydrogen-bond acceptors (Lipinski definition) is 9. The molecule has 0 aromatic rings. The lowest BCUT2D eigenvalue weighted by atomic mass is 9.85. The van der Waals surface area contributed by atoms with Crippen molar-refractivity contribution in [2.45, 2.75) is 36.6 Å². The zero-order valence-corrected chi connectivity index (χ0v) is 10.2. The smallest absolute Gasteiger partial charge is 0.387 e. The third-order valence-corrected chi connectivity index (χ3v) is 2.85. The van der Waals surface area contributed by atoms with E-state index >= 15 is 0 Å². The predicted molar refractivity (Wildman–Crippen MR) is 57.0 cm³/mol. The average molecular weight is 294 g/mol. The molecule has 1 saturated carbocycles. The number of aliphatic hydroxyl groups is 5. The van der Waals surface area contributed by atoms with Gasteiger partial charge in [0.05, 0.1) is 0 Å². The van der Waals surface area contributed by atoms with Gasteiger partial charge in [0, 0.05) is 0 Å². The summed E-state index contributed by atoms with van der Waals surface area (Å²) in [6.07, 6.45) is -11.3. The molecule has 0 radical (unpaired) electrons. The number of aliphatic hydroxyl groups excluding tert-OH is 5. The van der Waals surface area contributed by atoms with Crippen molar-refractivity contribution in [2.24, 2.45) is 0 Å². The van der Waals surface area contributed by atoms with Crippen LogP contribution in [-0.4, -0.2) is 71.9 Å². The van der Waals surface area contributed by atoms with Gasteiger partial charge in [-0.2, -0.15) is 0 Å². The van der Waals surface area contributed by atoms with Gasteiger partial charge >= 0.3 is 7.82 Å². The van der Waals surface area contributed by atoms with Crippen molar-refractivity contribution in [1.29, 1.82) is 0 Å². The van der Waals surface area contributed by atoms with Crippen LogP contribution in [0.4, 0.5) is 0 Å². The quantitative estimate of drug-likeness (QED) is 0.227. The molecule has 1 aliphatic rings. The molecule has 0 saturated heterocycles. The fourth-order valence-corrected chi connectivity index (χ4v) is 2.05. The molecule has 1 rings (SSSR count). The summed E-state index contributed by atoms with van der Waals surface area (Å²) in [6, 6.07) is 0. The zero-order valence-electron chi connectivity index (χ0n) is 9.27. The van der Waals surface area contributed by atoms with Crippen LogP contribution in [-0.2, 0) is 9.09 Å². The van der Waals surface area contributed by atoms with Gasteiger partial charge in [0.1, 0.15) is 36.6 Å². The van der Waals surface area contributed by atoms with Gasteiger partial charge in [0.15, 0.2) is 0 Å². The Balaban J connectivity index is 0. The molecule has 1 fully saturated rings. The van der Waals surface area contributed by atoms with Gasteiger partial charge in [0.2, 0.25) is 0 Å². The largest absolute Gasteiger partial charge is 0.470 e. The maximum Gasteiger partial charge on any atom is 0.470 e.